The van der Waals surface area contributed by atoms with E-state index in [1.807, 2.05) is 0 Å². The van der Waals surface area contributed by atoms with Gasteiger partial charge in [-0.1, -0.05) is 0 Å². The van der Waals surface area contributed by atoms with Gasteiger partial charge >= 0.3 is 0 Å². The molecule has 0 heterocycles. The number of carbonyl (C=O) groups is 3. The minimum Gasteiger partial charge on any atom is -0.325 e. The van der Waals surface area contributed by atoms with E-state index in [9.17, 15) is 14.4 Å². The summed E-state index contributed by atoms with van der Waals surface area (Å²) in [5.41, 5.74) is 6.96. The van der Waals surface area contributed by atoms with Crippen molar-refractivity contribution in [2.24, 2.45) is 5.73 Å². The van der Waals surface area contributed by atoms with E-state index < -0.39 is 0 Å². The van der Waals surface area contributed by atoms with Crippen molar-refractivity contribution in [2.45, 2.75) is 13.3 Å². The molecule has 2 amide bonds. The summed E-state index contributed by atoms with van der Waals surface area (Å²) in [5.74, 6) is -0.569. The Morgan fingerprint density at radius 3 is 2.10 bits per heavy atom. The zero-order valence-electron chi connectivity index (χ0n) is 12.2. The van der Waals surface area contributed by atoms with Crippen LogP contribution in [0.1, 0.15) is 12.5 Å². The number of nitrogens with one attached hydrogen (secondary N) is 3. The monoisotopic (exact) mass is 292 g/mol. The standard InChI is InChI=1S/C14H20N4O3/c1-9(19)3-10-4-11(17-13(20)7-15)6-12(5-10)18-14(21)8-16-2/h4-6,16H,3,7-8,15H2,1-2H3,(H,17,20)(H,18,21). The molecule has 0 bridgehead atoms. The smallest absolute Gasteiger partial charge is 0.238 e. The first-order chi connectivity index (χ1) is 9.94. The molecule has 7 nitrogen and oxygen atoms in total. The largest absolute Gasteiger partial charge is 0.325 e. The fraction of sp³-hybridized carbons (Fsp3) is 0.357. The first-order valence-electron chi connectivity index (χ1n) is 6.52. The van der Waals surface area contributed by atoms with Crippen LogP contribution in [0.15, 0.2) is 18.2 Å². The third kappa shape index (κ3) is 6.15. The van der Waals surface area contributed by atoms with Gasteiger partial charge in [-0.25, -0.2) is 0 Å². The Bertz CT molecular complexity index is 543. The summed E-state index contributed by atoms with van der Waals surface area (Å²) in [6.07, 6.45) is 0.223. The lowest BCUT2D eigenvalue weighted by atomic mass is 10.1. The van der Waals surface area contributed by atoms with Crippen LogP contribution in [0.2, 0.25) is 0 Å². The third-order valence-electron chi connectivity index (χ3n) is 2.54. The molecule has 0 spiro atoms. The van der Waals surface area contributed by atoms with Crippen LogP contribution >= 0.6 is 0 Å². The van der Waals surface area contributed by atoms with Gasteiger partial charge in [-0.15, -0.1) is 0 Å². The Morgan fingerprint density at radius 1 is 1.05 bits per heavy atom. The number of nitrogens with two attached hydrogens (primary N) is 1. The quantitative estimate of drug-likeness (QED) is 0.559. The number of hydrogen-bond donors (Lipinski definition) is 4. The number of ketones is 1. The highest BCUT2D eigenvalue weighted by Crippen LogP contribution is 2.20. The van der Waals surface area contributed by atoms with Gasteiger partial charge in [-0.3, -0.25) is 14.4 Å². The highest BCUT2D eigenvalue weighted by Gasteiger charge is 2.08. The minimum atomic E-state index is -0.345. The van der Waals surface area contributed by atoms with Crippen LogP contribution in [-0.2, 0) is 20.8 Å². The maximum atomic E-state index is 11.6. The molecule has 0 aliphatic heterocycles. The summed E-state index contributed by atoms with van der Waals surface area (Å²) in [5, 5.41) is 8.04. The molecule has 0 aliphatic rings. The van der Waals surface area contributed by atoms with Crippen molar-refractivity contribution in [2.75, 3.05) is 30.8 Å². The van der Waals surface area contributed by atoms with Crippen molar-refractivity contribution in [1.82, 2.24) is 5.32 Å². The van der Waals surface area contributed by atoms with Crippen LogP contribution in [0.3, 0.4) is 0 Å². The summed E-state index contributed by atoms with van der Waals surface area (Å²) in [7, 11) is 1.67. The Kier molecular flexibility index (Phi) is 6.51. The lowest BCUT2D eigenvalue weighted by molar-refractivity contribution is -0.116. The molecule has 0 unspecified atom stereocenters. The van der Waals surface area contributed by atoms with E-state index in [2.05, 4.69) is 16.0 Å². The maximum Gasteiger partial charge on any atom is 0.238 e. The van der Waals surface area contributed by atoms with Gasteiger partial charge in [0.1, 0.15) is 5.78 Å². The minimum absolute atomic E-state index is 0.00944. The van der Waals surface area contributed by atoms with E-state index in [-0.39, 0.29) is 37.1 Å². The molecule has 0 aromatic heterocycles. The van der Waals surface area contributed by atoms with Crippen molar-refractivity contribution >= 4 is 29.0 Å². The molecule has 114 valence electrons. The second-order valence-electron chi connectivity index (χ2n) is 4.63. The number of carbonyl (C=O) groups excluding carboxylic acids is 3. The van der Waals surface area contributed by atoms with Crippen LogP contribution in [0.25, 0.3) is 0 Å². The van der Waals surface area contributed by atoms with Crippen molar-refractivity contribution in [1.29, 1.82) is 0 Å². The molecule has 0 aliphatic carbocycles. The van der Waals surface area contributed by atoms with Crippen LogP contribution < -0.4 is 21.7 Å². The average molecular weight is 292 g/mol. The zero-order valence-corrected chi connectivity index (χ0v) is 12.2. The molecule has 0 saturated heterocycles. The van der Waals surface area contributed by atoms with Crippen LogP contribution in [0.4, 0.5) is 11.4 Å². The number of anilines is 2. The van der Waals surface area contributed by atoms with Crippen LogP contribution in [-0.4, -0.2) is 37.7 Å². The van der Waals surface area contributed by atoms with Gasteiger partial charge < -0.3 is 21.7 Å². The predicted molar refractivity (Wildman–Crippen MR) is 81.1 cm³/mol. The van der Waals surface area contributed by atoms with Gasteiger partial charge in [0.25, 0.3) is 0 Å². The normalized spacial score (nSPS) is 10.0. The SMILES string of the molecule is CNCC(=O)Nc1cc(CC(C)=O)cc(NC(=O)CN)c1. The molecular formula is C14H20N4O3. The van der Waals surface area contributed by atoms with Gasteiger partial charge in [-0.05, 0) is 37.7 Å². The van der Waals surface area contributed by atoms with Gasteiger partial charge in [0, 0.05) is 17.8 Å². The molecule has 1 aromatic carbocycles. The Morgan fingerprint density at radius 2 is 1.62 bits per heavy atom. The topological polar surface area (TPSA) is 113 Å². The fourth-order valence-corrected chi connectivity index (χ4v) is 1.80. The third-order valence-corrected chi connectivity index (χ3v) is 2.54. The molecule has 21 heavy (non-hydrogen) atoms. The molecule has 0 radical (unpaired) electrons. The van der Waals surface area contributed by atoms with Crippen molar-refractivity contribution in [3.05, 3.63) is 23.8 Å². The zero-order chi connectivity index (χ0) is 15.8. The van der Waals surface area contributed by atoms with Crippen molar-refractivity contribution in [3.8, 4) is 0 Å². The molecule has 1 aromatic rings. The van der Waals surface area contributed by atoms with Crippen molar-refractivity contribution < 1.29 is 14.4 Å². The lowest BCUT2D eigenvalue weighted by Crippen LogP contribution is -2.25. The molecule has 0 atom stereocenters. The van der Waals surface area contributed by atoms with Crippen molar-refractivity contribution in [3.63, 3.8) is 0 Å². The van der Waals surface area contributed by atoms with E-state index in [0.717, 1.165) is 0 Å². The van der Waals surface area contributed by atoms with Gasteiger partial charge in [0.2, 0.25) is 11.8 Å². The molecule has 7 heteroatoms. The average Bonchev–Trinajstić information content (AvgIpc) is 2.37. The fourth-order valence-electron chi connectivity index (χ4n) is 1.80. The number of rotatable bonds is 7. The first kappa shape index (κ1) is 16.8. The summed E-state index contributed by atoms with van der Waals surface area (Å²) < 4.78 is 0. The molecule has 1 rings (SSSR count). The van der Waals surface area contributed by atoms with Gasteiger partial charge in [0.05, 0.1) is 13.1 Å². The summed E-state index contributed by atoms with van der Waals surface area (Å²) in [6, 6.07) is 5.00. The second kappa shape index (κ2) is 8.13. The molecule has 5 N–H and O–H groups in total. The van der Waals surface area contributed by atoms with Crippen LogP contribution in [0.5, 0.6) is 0 Å². The summed E-state index contributed by atoms with van der Waals surface area (Å²) >= 11 is 0. The Hall–Kier alpha value is -2.25. The highest BCUT2D eigenvalue weighted by atomic mass is 16.2. The number of benzene rings is 1. The number of hydrogen-bond acceptors (Lipinski definition) is 5. The Labute approximate surface area is 123 Å². The van der Waals surface area contributed by atoms with E-state index in [1.165, 1.54) is 6.92 Å². The predicted octanol–water partition coefficient (Wildman–Crippen LogP) is -0.127. The summed E-state index contributed by atoms with van der Waals surface area (Å²) in [6.45, 7) is 1.50. The van der Waals surface area contributed by atoms with E-state index in [1.54, 1.807) is 25.2 Å². The molecule has 0 saturated carbocycles. The summed E-state index contributed by atoms with van der Waals surface area (Å²) in [4.78, 5) is 34.2. The second-order valence-corrected chi connectivity index (χ2v) is 4.63. The lowest BCUT2D eigenvalue weighted by Gasteiger charge is -2.11. The van der Waals surface area contributed by atoms with Crippen LogP contribution in [0, 0.1) is 0 Å². The number of likely N-dealkylation sites (N-methyl/N-ethyl adjacent to an activating group) is 1. The van der Waals surface area contributed by atoms with Gasteiger partial charge in [0.15, 0.2) is 0 Å². The molecular weight excluding hydrogens is 272 g/mol. The molecule has 0 fully saturated rings. The van der Waals surface area contributed by atoms with E-state index in [4.69, 9.17) is 5.73 Å². The first-order valence-corrected chi connectivity index (χ1v) is 6.52. The maximum absolute atomic E-state index is 11.6. The van der Waals surface area contributed by atoms with Gasteiger partial charge in [-0.2, -0.15) is 0 Å². The van der Waals surface area contributed by atoms with E-state index in [0.29, 0.717) is 16.9 Å². The highest BCUT2D eigenvalue weighted by molar-refractivity contribution is 5.96. The number of Topliss-reactive ketones (excluding diaryl/α,β-unsaturated/α-hetero) is 1. The van der Waals surface area contributed by atoms with E-state index >= 15 is 0 Å². The number of amides is 2. The Balaban J connectivity index is 2.99.